The predicted octanol–water partition coefficient (Wildman–Crippen LogP) is 9.74. The van der Waals surface area contributed by atoms with E-state index in [1.807, 2.05) is 0 Å². The number of carbonyl (C=O) groups excluding carboxylic acids is 1. The molecule has 0 saturated carbocycles. The first-order valence-electron chi connectivity index (χ1n) is 12.8. The fraction of sp³-hybridized carbons (Fsp3) is 0.258. The minimum absolute atomic E-state index is 0.137. The fourth-order valence-electron chi connectivity index (χ4n) is 4.20. The number of hydrogen-bond donors (Lipinski definition) is 0. The number of esters is 1. The Morgan fingerprint density at radius 3 is 2.10 bits per heavy atom. The molecule has 0 atom stereocenters. The molecule has 3 aromatic carbocycles. The SMILES string of the molecule is C=C(CCCCCCCCC(=O)Oc1ccc(-c2ccc(F)cc2)c(F)c1)Oc1ccc2sc(F)c(F)c2c1. The minimum Gasteiger partial charge on any atom is -0.462 e. The smallest absolute Gasteiger partial charge is 0.311 e. The van der Waals surface area contributed by atoms with Gasteiger partial charge in [0, 0.05) is 34.6 Å². The molecule has 4 aromatic rings. The fourth-order valence-corrected chi connectivity index (χ4v) is 4.99. The number of carbonyl (C=O) groups is 1. The molecule has 0 saturated heterocycles. The highest BCUT2D eigenvalue weighted by molar-refractivity contribution is 7.17. The second-order valence-corrected chi connectivity index (χ2v) is 10.2. The maximum Gasteiger partial charge on any atom is 0.311 e. The highest BCUT2D eigenvalue weighted by atomic mass is 32.1. The standard InChI is InChI=1S/C31H28F4O3S/c1-20(37-23-15-17-28-26(18-23)30(34)31(35)39-28)8-6-4-2-3-5-7-9-29(36)38-24-14-16-25(27(33)19-24)21-10-12-22(32)13-11-21/h10-19H,1-9H2. The van der Waals surface area contributed by atoms with E-state index in [1.54, 1.807) is 12.1 Å². The van der Waals surface area contributed by atoms with E-state index >= 15 is 0 Å². The van der Waals surface area contributed by atoms with E-state index in [0.29, 0.717) is 40.2 Å². The molecule has 0 aliphatic heterocycles. The maximum absolute atomic E-state index is 14.4. The average Bonchev–Trinajstić information content (AvgIpc) is 3.19. The summed E-state index contributed by atoms with van der Waals surface area (Å²) in [4.78, 5) is 12.1. The molecule has 0 spiro atoms. The van der Waals surface area contributed by atoms with Crippen LogP contribution in [0, 0.1) is 22.6 Å². The number of halogens is 4. The third-order valence-corrected chi connectivity index (χ3v) is 7.17. The van der Waals surface area contributed by atoms with E-state index in [1.165, 1.54) is 42.5 Å². The van der Waals surface area contributed by atoms with Crippen molar-refractivity contribution in [3.8, 4) is 22.6 Å². The molecule has 1 heterocycles. The van der Waals surface area contributed by atoms with E-state index in [4.69, 9.17) is 9.47 Å². The molecular weight excluding hydrogens is 528 g/mol. The Labute approximate surface area is 228 Å². The lowest BCUT2D eigenvalue weighted by atomic mass is 10.0. The van der Waals surface area contributed by atoms with Crippen LogP contribution in [0.15, 0.2) is 73.0 Å². The summed E-state index contributed by atoms with van der Waals surface area (Å²) in [6.07, 6.45) is 6.23. The largest absolute Gasteiger partial charge is 0.462 e. The van der Waals surface area contributed by atoms with Crippen LogP contribution >= 0.6 is 11.3 Å². The van der Waals surface area contributed by atoms with Crippen molar-refractivity contribution in [2.24, 2.45) is 0 Å². The van der Waals surface area contributed by atoms with Crippen molar-refractivity contribution in [1.82, 2.24) is 0 Å². The summed E-state index contributed by atoms with van der Waals surface area (Å²) in [6.45, 7) is 3.91. The van der Waals surface area contributed by atoms with Gasteiger partial charge in [-0.3, -0.25) is 4.79 Å². The normalized spacial score (nSPS) is 11.1. The van der Waals surface area contributed by atoms with Gasteiger partial charge in [-0.15, -0.1) is 11.3 Å². The van der Waals surface area contributed by atoms with Crippen LogP contribution in [0.1, 0.15) is 51.4 Å². The molecule has 0 radical (unpaired) electrons. The van der Waals surface area contributed by atoms with E-state index in [9.17, 15) is 22.4 Å². The Hall–Kier alpha value is -3.65. The first-order valence-corrected chi connectivity index (χ1v) is 13.6. The third kappa shape index (κ3) is 7.93. The summed E-state index contributed by atoms with van der Waals surface area (Å²) in [5.74, 6) is -1.08. The molecule has 4 rings (SSSR count). The van der Waals surface area contributed by atoms with E-state index in [0.717, 1.165) is 49.5 Å². The van der Waals surface area contributed by atoms with Crippen molar-refractivity contribution in [2.45, 2.75) is 51.4 Å². The van der Waals surface area contributed by atoms with Crippen LogP contribution in [-0.2, 0) is 4.79 Å². The highest BCUT2D eigenvalue weighted by Gasteiger charge is 2.13. The summed E-state index contributed by atoms with van der Waals surface area (Å²) in [7, 11) is 0. The van der Waals surface area contributed by atoms with Crippen LogP contribution in [0.25, 0.3) is 21.2 Å². The first-order chi connectivity index (χ1) is 18.8. The van der Waals surface area contributed by atoms with Gasteiger partial charge in [0.05, 0.1) is 5.76 Å². The molecule has 8 heteroatoms. The Kier molecular flexibility index (Phi) is 9.76. The van der Waals surface area contributed by atoms with Gasteiger partial charge in [0.1, 0.15) is 23.1 Å². The van der Waals surface area contributed by atoms with Gasteiger partial charge in [-0.2, -0.15) is 4.39 Å². The molecule has 0 fully saturated rings. The van der Waals surface area contributed by atoms with Gasteiger partial charge in [0.2, 0.25) is 5.13 Å². The highest BCUT2D eigenvalue weighted by Crippen LogP contribution is 2.32. The molecule has 0 amide bonds. The molecular formula is C31H28F4O3S. The Morgan fingerprint density at radius 1 is 0.744 bits per heavy atom. The van der Waals surface area contributed by atoms with Gasteiger partial charge in [-0.05, 0) is 60.9 Å². The van der Waals surface area contributed by atoms with Crippen molar-refractivity contribution >= 4 is 27.4 Å². The zero-order chi connectivity index (χ0) is 27.8. The van der Waals surface area contributed by atoms with Gasteiger partial charge in [-0.25, -0.2) is 13.2 Å². The molecule has 39 heavy (non-hydrogen) atoms. The van der Waals surface area contributed by atoms with Gasteiger partial charge in [-0.1, -0.05) is 44.4 Å². The second-order valence-electron chi connectivity index (χ2n) is 9.23. The Morgan fingerprint density at radius 2 is 1.38 bits per heavy atom. The number of allylic oxidation sites excluding steroid dienone is 1. The van der Waals surface area contributed by atoms with Crippen LogP contribution in [-0.4, -0.2) is 5.97 Å². The molecule has 0 unspecified atom stereocenters. The number of benzene rings is 3. The Balaban J connectivity index is 1.08. The lowest BCUT2D eigenvalue weighted by molar-refractivity contribution is -0.134. The van der Waals surface area contributed by atoms with Crippen LogP contribution < -0.4 is 9.47 Å². The van der Waals surface area contributed by atoms with E-state index in [-0.39, 0.29) is 17.6 Å². The number of thiophene rings is 1. The van der Waals surface area contributed by atoms with E-state index in [2.05, 4.69) is 6.58 Å². The summed E-state index contributed by atoms with van der Waals surface area (Å²) in [5, 5.41) is -0.624. The number of unbranched alkanes of at least 4 members (excludes halogenated alkanes) is 5. The molecule has 0 aliphatic carbocycles. The predicted molar refractivity (Wildman–Crippen MR) is 146 cm³/mol. The van der Waals surface area contributed by atoms with Gasteiger partial charge in [0.15, 0.2) is 5.82 Å². The Bertz CT molecular complexity index is 1450. The summed E-state index contributed by atoms with van der Waals surface area (Å²) < 4.78 is 66.2. The molecule has 0 aliphatic rings. The topological polar surface area (TPSA) is 35.5 Å². The minimum atomic E-state index is -0.856. The second kappa shape index (κ2) is 13.4. The number of rotatable bonds is 13. The summed E-state index contributed by atoms with van der Waals surface area (Å²) in [5.41, 5.74) is 0.839. The average molecular weight is 557 g/mol. The zero-order valence-corrected chi connectivity index (χ0v) is 22.1. The van der Waals surface area contributed by atoms with Crippen molar-refractivity contribution in [3.63, 3.8) is 0 Å². The van der Waals surface area contributed by atoms with Crippen LogP contribution in [0.2, 0.25) is 0 Å². The quantitative estimate of drug-likeness (QED) is 0.0541. The zero-order valence-electron chi connectivity index (χ0n) is 21.3. The molecule has 0 bridgehead atoms. The molecule has 204 valence electrons. The lowest BCUT2D eigenvalue weighted by Crippen LogP contribution is -2.07. The van der Waals surface area contributed by atoms with Crippen molar-refractivity contribution in [2.75, 3.05) is 0 Å². The van der Waals surface area contributed by atoms with Crippen molar-refractivity contribution in [1.29, 1.82) is 0 Å². The van der Waals surface area contributed by atoms with Crippen LogP contribution in [0.4, 0.5) is 17.6 Å². The lowest BCUT2D eigenvalue weighted by Gasteiger charge is -2.09. The molecule has 3 nitrogen and oxygen atoms in total. The first kappa shape index (κ1) is 28.4. The van der Waals surface area contributed by atoms with Gasteiger partial charge < -0.3 is 9.47 Å². The summed E-state index contributed by atoms with van der Waals surface area (Å²) >= 11 is 0.765. The maximum atomic E-state index is 14.4. The molecule has 1 aromatic heterocycles. The molecule has 0 N–H and O–H groups in total. The van der Waals surface area contributed by atoms with E-state index < -0.39 is 28.6 Å². The van der Waals surface area contributed by atoms with Gasteiger partial charge >= 0.3 is 5.97 Å². The number of fused-ring (bicyclic) bond motifs is 1. The monoisotopic (exact) mass is 556 g/mol. The van der Waals surface area contributed by atoms with Crippen molar-refractivity contribution in [3.05, 3.63) is 95.6 Å². The summed E-state index contributed by atoms with van der Waals surface area (Å²) in [6, 6.07) is 14.5. The van der Waals surface area contributed by atoms with Crippen molar-refractivity contribution < 1.29 is 31.8 Å². The van der Waals surface area contributed by atoms with Gasteiger partial charge in [0.25, 0.3) is 0 Å². The van der Waals surface area contributed by atoms with Crippen LogP contribution in [0.3, 0.4) is 0 Å². The third-order valence-electron chi connectivity index (χ3n) is 6.24. The number of hydrogen-bond acceptors (Lipinski definition) is 4. The number of ether oxygens (including phenoxy) is 2. The van der Waals surface area contributed by atoms with Crippen LogP contribution in [0.5, 0.6) is 11.5 Å².